The van der Waals surface area contributed by atoms with E-state index in [0.29, 0.717) is 58.0 Å². The van der Waals surface area contributed by atoms with Crippen molar-refractivity contribution in [3.8, 4) is 0 Å². The first-order valence-electron chi connectivity index (χ1n) is 10.5. The van der Waals surface area contributed by atoms with Crippen LogP contribution in [0.5, 0.6) is 0 Å². The van der Waals surface area contributed by atoms with Crippen molar-refractivity contribution in [2.24, 2.45) is 0 Å². The van der Waals surface area contributed by atoms with Crippen LogP contribution in [0.2, 0.25) is 0 Å². The highest BCUT2D eigenvalue weighted by atomic mass is 32.2. The highest BCUT2D eigenvalue weighted by Gasteiger charge is 2.26. The summed E-state index contributed by atoms with van der Waals surface area (Å²) in [7, 11) is -2.00. The van der Waals surface area contributed by atoms with E-state index in [1.807, 2.05) is 0 Å². The third-order valence-electron chi connectivity index (χ3n) is 5.52. The normalized spacial score (nSPS) is 15.1. The predicted molar refractivity (Wildman–Crippen MR) is 125 cm³/mol. The minimum Gasteiger partial charge on any atom is -0.380 e. The summed E-state index contributed by atoms with van der Waals surface area (Å²) in [4.78, 5) is 13.4. The minimum absolute atomic E-state index is 0.109. The van der Waals surface area contributed by atoms with Crippen LogP contribution in [0.15, 0.2) is 42.5 Å². The lowest BCUT2D eigenvalue weighted by molar-refractivity contribution is 0.0729. The molecule has 1 aromatic heterocycles. The topological polar surface area (TPSA) is 84.9 Å². The molecule has 0 aliphatic carbocycles. The third-order valence-corrected chi connectivity index (χ3v) is 8.54. The van der Waals surface area contributed by atoms with Crippen molar-refractivity contribution in [3.63, 3.8) is 0 Å². The van der Waals surface area contributed by atoms with E-state index in [2.05, 4.69) is 5.32 Å². The van der Waals surface area contributed by atoms with E-state index >= 15 is 0 Å². The molecule has 0 atom stereocenters. The van der Waals surface area contributed by atoms with E-state index in [9.17, 15) is 17.6 Å². The van der Waals surface area contributed by atoms with Gasteiger partial charge in [-0.15, -0.1) is 11.3 Å². The summed E-state index contributed by atoms with van der Waals surface area (Å²) in [5.74, 6) is -0.899. The van der Waals surface area contributed by atoms with Crippen LogP contribution in [0.3, 0.4) is 0 Å². The molecule has 4 rings (SSSR count). The van der Waals surface area contributed by atoms with Gasteiger partial charge in [0.1, 0.15) is 5.82 Å². The molecule has 1 amide bonds. The number of hydrogen-bond donors (Lipinski definition) is 1. The predicted octanol–water partition coefficient (Wildman–Crippen LogP) is 3.28. The second-order valence-corrected chi connectivity index (χ2v) is 10.7. The van der Waals surface area contributed by atoms with Gasteiger partial charge in [0.15, 0.2) is 0 Å². The van der Waals surface area contributed by atoms with Crippen LogP contribution in [-0.4, -0.2) is 52.0 Å². The Hall–Kier alpha value is -2.37. The second-order valence-electron chi connectivity index (χ2n) is 7.67. The van der Waals surface area contributed by atoms with E-state index in [1.54, 1.807) is 36.4 Å². The van der Waals surface area contributed by atoms with Gasteiger partial charge in [-0.2, -0.15) is 4.31 Å². The molecule has 2 heterocycles. The zero-order chi connectivity index (χ0) is 23.4. The SMILES string of the molecule is COCc1c(C(=O)NCc2ccccc2CS(=O)(=O)N2CCOCC2)sc2cccc(F)c12. The molecule has 1 aliphatic heterocycles. The number of fused-ring (bicyclic) bond motifs is 1. The Kier molecular flexibility index (Phi) is 7.40. The van der Waals surface area contributed by atoms with Gasteiger partial charge >= 0.3 is 0 Å². The molecule has 1 fully saturated rings. The summed E-state index contributed by atoms with van der Waals surface area (Å²) in [6.07, 6.45) is 0. The number of carbonyl (C=O) groups excluding carboxylic acids is 1. The highest BCUT2D eigenvalue weighted by Crippen LogP contribution is 2.33. The summed E-state index contributed by atoms with van der Waals surface area (Å²) in [6, 6.07) is 11.9. The molecule has 33 heavy (non-hydrogen) atoms. The molecule has 1 saturated heterocycles. The molecule has 0 bridgehead atoms. The number of amides is 1. The van der Waals surface area contributed by atoms with Crippen molar-refractivity contribution < 1.29 is 27.1 Å². The molecule has 1 N–H and O–H groups in total. The zero-order valence-electron chi connectivity index (χ0n) is 18.2. The van der Waals surface area contributed by atoms with Gasteiger partial charge in [0.25, 0.3) is 5.91 Å². The van der Waals surface area contributed by atoms with Crippen molar-refractivity contribution in [1.82, 2.24) is 9.62 Å². The number of sulfonamides is 1. The summed E-state index contributed by atoms with van der Waals surface area (Å²) >= 11 is 1.21. The quantitative estimate of drug-likeness (QED) is 0.522. The van der Waals surface area contributed by atoms with Crippen LogP contribution in [0.1, 0.15) is 26.4 Å². The number of rotatable bonds is 8. The van der Waals surface area contributed by atoms with Crippen molar-refractivity contribution in [2.45, 2.75) is 18.9 Å². The first-order chi connectivity index (χ1) is 15.9. The molecule has 2 aromatic carbocycles. The highest BCUT2D eigenvalue weighted by molar-refractivity contribution is 7.88. The summed E-state index contributed by atoms with van der Waals surface area (Å²) in [5, 5.41) is 3.26. The molecule has 176 valence electrons. The number of ether oxygens (including phenoxy) is 2. The molecular weight excluding hydrogens is 467 g/mol. The Balaban J connectivity index is 1.53. The Morgan fingerprint density at radius 3 is 2.61 bits per heavy atom. The van der Waals surface area contributed by atoms with Gasteiger partial charge < -0.3 is 14.8 Å². The lowest BCUT2D eigenvalue weighted by atomic mass is 10.1. The van der Waals surface area contributed by atoms with E-state index < -0.39 is 15.8 Å². The monoisotopic (exact) mass is 492 g/mol. The van der Waals surface area contributed by atoms with Crippen LogP contribution >= 0.6 is 11.3 Å². The number of methoxy groups -OCH3 is 1. The Morgan fingerprint density at radius 1 is 1.15 bits per heavy atom. The number of halogens is 1. The maximum Gasteiger partial charge on any atom is 0.262 e. The Labute approximate surface area is 196 Å². The maximum atomic E-state index is 14.4. The molecule has 10 heteroatoms. The maximum absolute atomic E-state index is 14.4. The van der Waals surface area contributed by atoms with Crippen LogP contribution in [0.25, 0.3) is 10.1 Å². The number of thiophene rings is 1. The fourth-order valence-corrected chi connectivity index (χ4v) is 6.57. The van der Waals surface area contributed by atoms with Crippen LogP contribution in [0.4, 0.5) is 4.39 Å². The molecule has 0 spiro atoms. The van der Waals surface area contributed by atoms with Crippen molar-refractivity contribution >= 4 is 37.4 Å². The Morgan fingerprint density at radius 2 is 1.88 bits per heavy atom. The number of benzene rings is 2. The number of nitrogens with zero attached hydrogens (tertiary/aromatic N) is 1. The van der Waals surface area contributed by atoms with Gasteiger partial charge in [-0.1, -0.05) is 30.3 Å². The van der Waals surface area contributed by atoms with Crippen molar-refractivity contribution in [2.75, 3.05) is 33.4 Å². The number of carbonyl (C=O) groups is 1. The van der Waals surface area contributed by atoms with Crippen molar-refractivity contribution in [3.05, 3.63) is 69.8 Å². The van der Waals surface area contributed by atoms with Gasteiger partial charge in [-0.3, -0.25) is 4.79 Å². The molecule has 1 aliphatic rings. The summed E-state index contributed by atoms with van der Waals surface area (Å²) in [6.45, 7) is 1.71. The average molecular weight is 493 g/mol. The van der Waals surface area contributed by atoms with E-state index in [4.69, 9.17) is 9.47 Å². The average Bonchev–Trinajstić information content (AvgIpc) is 3.19. The molecule has 3 aromatic rings. The molecule has 0 unspecified atom stereocenters. The lowest BCUT2D eigenvalue weighted by Crippen LogP contribution is -2.41. The van der Waals surface area contributed by atoms with Gasteiger partial charge in [0.2, 0.25) is 10.0 Å². The van der Waals surface area contributed by atoms with Crippen LogP contribution < -0.4 is 5.32 Å². The fraction of sp³-hybridized carbons (Fsp3) is 0.348. The molecule has 0 radical (unpaired) electrons. The number of nitrogens with one attached hydrogen (secondary N) is 1. The van der Waals surface area contributed by atoms with Crippen LogP contribution in [-0.2, 0) is 38.4 Å². The van der Waals surface area contributed by atoms with E-state index in [-0.39, 0.29) is 24.8 Å². The number of hydrogen-bond acceptors (Lipinski definition) is 6. The Bertz CT molecular complexity index is 1250. The summed E-state index contributed by atoms with van der Waals surface area (Å²) in [5.41, 5.74) is 1.85. The fourth-order valence-electron chi connectivity index (χ4n) is 3.87. The van der Waals surface area contributed by atoms with E-state index in [0.717, 1.165) is 0 Å². The van der Waals surface area contributed by atoms with Gasteiger partial charge in [-0.25, -0.2) is 12.8 Å². The van der Waals surface area contributed by atoms with Crippen molar-refractivity contribution in [1.29, 1.82) is 0 Å². The summed E-state index contributed by atoms with van der Waals surface area (Å²) < 4.78 is 52.7. The lowest BCUT2D eigenvalue weighted by Gasteiger charge is -2.26. The smallest absolute Gasteiger partial charge is 0.262 e. The van der Waals surface area contributed by atoms with Gasteiger partial charge in [-0.05, 0) is 23.3 Å². The first-order valence-corrected chi connectivity index (χ1v) is 12.9. The minimum atomic E-state index is -3.50. The molecular formula is C23H25FN2O5S2. The molecule has 0 saturated carbocycles. The van der Waals surface area contributed by atoms with Gasteiger partial charge in [0.05, 0.1) is 30.5 Å². The number of morpholine rings is 1. The standard InChI is InChI=1S/C23H25FN2O5S2/c1-30-14-18-21-19(24)7-4-8-20(21)32-22(18)23(27)25-13-16-5-2-3-6-17(16)15-33(28,29)26-9-11-31-12-10-26/h2-8H,9-15H2,1H3,(H,25,27). The molecule has 7 nitrogen and oxygen atoms in total. The second kappa shape index (κ2) is 10.3. The zero-order valence-corrected chi connectivity index (χ0v) is 19.8. The van der Waals surface area contributed by atoms with E-state index in [1.165, 1.54) is 28.8 Å². The van der Waals surface area contributed by atoms with Gasteiger partial charge in [0, 0.05) is 42.4 Å². The third kappa shape index (κ3) is 5.25. The first kappa shape index (κ1) is 23.8. The van der Waals surface area contributed by atoms with Crippen LogP contribution in [0, 0.1) is 5.82 Å². The largest absolute Gasteiger partial charge is 0.380 e.